The highest BCUT2D eigenvalue weighted by atomic mass is 32.2. The van der Waals surface area contributed by atoms with Crippen LogP contribution in [0.1, 0.15) is 37.3 Å². The zero-order chi connectivity index (χ0) is 17.0. The van der Waals surface area contributed by atoms with Crippen LogP contribution >= 0.6 is 0 Å². The number of hydrogen-bond donors (Lipinski definition) is 0. The average molecular weight is 338 g/mol. The van der Waals surface area contributed by atoms with Crippen LogP contribution in [0.15, 0.2) is 23.1 Å². The number of likely N-dealkylation sites (N-methyl/N-ethyl adjacent to an activating group) is 1. The van der Waals surface area contributed by atoms with Crippen molar-refractivity contribution >= 4 is 15.9 Å². The molecule has 0 bridgehead atoms. The summed E-state index contributed by atoms with van der Waals surface area (Å²) in [5, 5.41) is 0. The maximum absolute atomic E-state index is 12.9. The van der Waals surface area contributed by atoms with Crippen LogP contribution in [-0.4, -0.2) is 49.7 Å². The predicted molar refractivity (Wildman–Crippen MR) is 90.8 cm³/mol. The van der Waals surface area contributed by atoms with Gasteiger partial charge in [0, 0.05) is 19.6 Å². The van der Waals surface area contributed by atoms with Gasteiger partial charge in [0.2, 0.25) is 15.9 Å². The van der Waals surface area contributed by atoms with Crippen LogP contribution in [0.5, 0.6) is 0 Å². The molecule has 0 spiro atoms. The Morgan fingerprint density at radius 1 is 1.17 bits per heavy atom. The second-order valence-electron chi connectivity index (χ2n) is 6.14. The number of amides is 1. The van der Waals surface area contributed by atoms with Gasteiger partial charge in [-0.25, -0.2) is 8.42 Å². The Labute approximate surface area is 139 Å². The summed E-state index contributed by atoms with van der Waals surface area (Å²) in [6.45, 7) is 7.10. The first kappa shape index (κ1) is 17.9. The number of aryl methyl sites for hydroxylation is 2. The molecule has 0 saturated carbocycles. The third kappa shape index (κ3) is 4.12. The average Bonchev–Trinajstić information content (AvgIpc) is 2.55. The minimum absolute atomic E-state index is 0.0772. The predicted octanol–water partition coefficient (Wildman–Crippen LogP) is 2.33. The topological polar surface area (TPSA) is 57.7 Å². The minimum Gasteiger partial charge on any atom is -0.342 e. The summed E-state index contributed by atoms with van der Waals surface area (Å²) in [6, 6.07) is 5.38. The molecule has 2 rings (SSSR count). The molecule has 0 atom stereocenters. The second kappa shape index (κ2) is 7.45. The third-order valence-corrected chi connectivity index (χ3v) is 6.40. The van der Waals surface area contributed by atoms with Gasteiger partial charge in [0.05, 0.1) is 11.4 Å². The van der Waals surface area contributed by atoms with Crippen molar-refractivity contribution in [1.82, 2.24) is 9.21 Å². The van der Waals surface area contributed by atoms with Crippen LogP contribution in [0.25, 0.3) is 0 Å². The maximum Gasteiger partial charge on any atom is 0.243 e. The Morgan fingerprint density at radius 3 is 2.43 bits per heavy atom. The molecular formula is C17H26N2O3S. The SMILES string of the molecule is CCN(CC(=O)N1CCCCC1)S(=O)(=O)c1cc(C)ccc1C. The lowest BCUT2D eigenvalue weighted by Gasteiger charge is -2.29. The van der Waals surface area contributed by atoms with E-state index in [1.165, 1.54) is 4.31 Å². The van der Waals surface area contributed by atoms with E-state index in [2.05, 4.69) is 0 Å². The van der Waals surface area contributed by atoms with Gasteiger partial charge in [0.15, 0.2) is 0 Å². The number of carbonyl (C=O) groups is 1. The van der Waals surface area contributed by atoms with E-state index in [4.69, 9.17) is 0 Å². The Bertz CT molecular complexity index is 664. The molecule has 1 aliphatic heterocycles. The standard InChI is InChI=1S/C17H26N2O3S/c1-4-19(13-17(20)18-10-6-5-7-11-18)23(21,22)16-12-14(2)8-9-15(16)3/h8-9,12H,4-7,10-11,13H2,1-3H3. The summed E-state index contributed by atoms with van der Waals surface area (Å²) in [7, 11) is -3.65. The number of benzene rings is 1. The van der Waals surface area contributed by atoms with Crippen LogP contribution < -0.4 is 0 Å². The van der Waals surface area contributed by atoms with Crippen molar-refractivity contribution in [3.8, 4) is 0 Å². The number of rotatable bonds is 5. The van der Waals surface area contributed by atoms with Crippen LogP contribution in [0, 0.1) is 13.8 Å². The van der Waals surface area contributed by atoms with Gasteiger partial charge in [0.1, 0.15) is 0 Å². The van der Waals surface area contributed by atoms with Gasteiger partial charge in [-0.2, -0.15) is 4.31 Å². The minimum atomic E-state index is -3.65. The molecule has 0 N–H and O–H groups in total. The summed E-state index contributed by atoms with van der Waals surface area (Å²) in [5.41, 5.74) is 1.60. The van der Waals surface area contributed by atoms with Gasteiger partial charge < -0.3 is 4.90 Å². The molecule has 5 nitrogen and oxygen atoms in total. The van der Waals surface area contributed by atoms with Crippen LogP contribution in [0.4, 0.5) is 0 Å². The fourth-order valence-corrected chi connectivity index (χ4v) is 4.59. The third-order valence-electron chi connectivity index (χ3n) is 4.33. The van der Waals surface area contributed by atoms with Crippen LogP contribution in [0.3, 0.4) is 0 Å². The van der Waals surface area contributed by atoms with E-state index in [0.29, 0.717) is 10.5 Å². The Morgan fingerprint density at radius 2 is 1.83 bits per heavy atom. The van der Waals surface area contributed by atoms with Gasteiger partial charge in [-0.15, -0.1) is 0 Å². The van der Waals surface area contributed by atoms with E-state index < -0.39 is 10.0 Å². The van der Waals surface area contributed by atoms with E-state index >= 15 is 0 Å². The normalized spacial score (nSPS) is 15.9. The number of hydrogen-bond acceptors (Lipinski definition) is 3. The summed E-state index contributed by atoms with van der Waals surface area (Å²) < 4.78 is 27.1. The molecule has 0 aliphatic carbocycles. The van der Waals surface area contributed by atoms with Crippen molar-refractivity contribution in [3.63, 3.8) is 0 Å². The monoisotopic (exact) mass is 338 g/mol. The molecule has 6 heteroatoms. The van der Waals surface area contributed by atoms with Crippen molar-refractivity contribution in [1.29, 1.82) is 0 Å². The molecule has 1 saturated heterocycles. The number of likely N-dealkylation sites (tertiary alicyclic amines) is 1. The van der Waals surface area contributed by atoms with Crippen molar-refractivity contribution in [2.75, 3.05) is 26.2 Å². The molecule has 0 aromatic heterocycles. The van der Waals surface area contributed by atoms with E-state index in [1.54, 1.807) is 24.8 Å². The fourth-order valence-electron chi connectivity index (χ4n) is 2.89. The maximum atomic E-state index is 12.9. The van der Waals surface area contributed by atoms with E-state index in [1.807, 2.05) is 19.1 Å². The molecule has 1 amide bonds. The summed E-state index contributed by atoms with van der Waals surface area (Å²) >= 11 is 0. The zero-order valence-corrected chi connectivity index (χ0v) is 15.0. The number of sulfonamides is 1. The van der Waals surface area contributed by atoms with Gasteiger partial charge in [-0.1, -0.05) is 19.1 Å². The smallest absolute Gasteiger partial charge is 0.243 e. The fraction of sp³-hybridized carbons (Fsp3) is 0.588. The van der Waals surface area contributed by atoms with E-state index in [0.717, 1.165) is 37.9 Å². The Balaban J connectivity index is 2.21. The largest absolute Gasteiger partial charge is 0.342 e. The number of nitrogens with zero attached hydrogens (tertiary/aromatic N) is 2. The van der Waals surface area contributed by atoms with Gasteiger partial charge in [-0.3, -0.25) is 4.79 Å². The molecule has 1 aromatic carbocycles. The molecule has 0 unspecified atom stereocenters. The number of piperidine rings is 1. The second-order valence-corrected chi connectivity index (χ2v) is 8.05. The lowest BCUT2D eigenvalue weighted by Crippen LogP contribution is -2.44. The van der Waals surface area contributed by atoms with Crippen LogP contribution in [-0.2, 0) is 14.8 Å². The number of carbonyl (C=O) groups excluding carboxylic acids is 1. The van der Waals surface area contributed by atoms with E-state index in [9.17, 15) is 13.2 Å². The summed E-state index contributed by atoms with van der Waals surface area (Å²) in [5.74, 6) is -0.0968. The molecule has 1 aliphatic rings. The Kier molecular flexibility index (Phi) is 5.81. The lowest BCUT2D eigenvalue weighted by atomic mass is 10.1. The highest BCUT2D eigenvalue weighted by Crippen LogP contribution is 2.21. The molecule has 0 radical (unpaired) electrons. The van der Waals surface area contributed by atoms with Crippen molar-refractivity contribution in [2.24, 2.45) is 0 Å². The van der Waals surface area contributed by atoms with E-state index in [-0.39, 0.29) is 19.0 Å². The highest BCUT2D eigenvalue weighted by Gasteiger charge is 2.28. The van der Waals surface area contributed by atoms with Crippen molar-refractivity contribution < 1.29 is 13.2 Å². The van der Waals surface area contributed by atoms with Gasteiger partial charge >= 0.3 is 0 Å². The zero-order valence-electron chi connectivity index (χ0n) is 14.2. The molecule has 1 fully saturated rings. The summed E-state index contributed by atoms with van der Waals surface area (Å²) in [6.07, 6.45) is 3.14. The first-order valence-corrected chi connectivity index (χ1v) is 9.65. The molecule has 1 aromatic rings. The van der Waals surface area contributed by atoms with Crippen molar-refractivity contribution in [2.45, 2.75) is 44.9 Å². The van der Waals surface area contributed by atoms with Crippen molar-refractivity contribution in [3.05, 3.63) is 29.3 Å². The molecular weight excluding hydrogens is 312 g/mol. The Hall–Kier alpha value is -1.40. The lowest BCUT2D eigenvalue weighted by molar-refractivity contribution is -0.132. The van der Waals surface area contributed by atoms with Gasteiger partial charge in [0.25, 0.3) is 0 Å². The van der Waals surface area contributed by atoms with Gasteiger partial charge in [-0.05, 0) is 50.3 Å². The first-order valence-electron chi connectivity index (χ1n) is 8.21. The highest BCUT2D eigenvalue weighted by molar-refractivity contribution is 7.89. The molecule has 1 heterocycles. The quantitative estimate of drug-likeness (QED) is 0.828. The molecule has 23 heavy (non-hydrogen) atoms. The molecule has 128 valence electrons. The summed E-state index contributed by atoms with van der Waals surface area (Å²) in [4.78, 5) is 14.5. The first-order chi connectivity index (χ1) is 10.9. The van der Waals surface area contributed by atoms with Crippen LogP contribution in [0.2, 0.25) is 0 Å².